The quantitative estimate of drug-likeness (QED) is 0.152. The Morgan fingerprint density at radius 1 is 1.00 bits per heavy atom. The zero-order valence-electron chi connectivity index (χ0n) is 26.9. The summed E-state index contributed by atoms with van der Waals surface area (Å²) in [6.45, 7) is 17.0. The van der Waals surface area contributed by atoms with Gasteiger partial charge in [-0.3, -0.25) is 4.98 Å². The van der Waals surface area contributed by atoms with Crippen molar-refractivity contribution >= 4 is 30.6 Å². The Kier molecular flexibility index (Phi) is 8.99. The molecular weight excluding hydrogens is 618 g/mol. The van der Waals surface area contributed by atoms with Gasteiger partial charge in [-0.05, 0) is 75.9 Å². The van der Waals surface area contributed by atoms with E-state index in [4.69, 9.17) is 9.41 Å². The van der Waals surface area contributed by atoms with E-state index in [0.29, 0.717) is 22.5 Å². The first-order chi connectivity index (χ1) is 20.8. The highest BCUT2D eigenvalue weighted by Crippen LogP contribution is 2.45. The zero-order chi connectivity index (χ0) is 32.9. The number of hydrogen-bond acceptors (Lipinski definition) is 7. The minimum atomic E-state index is -4.57. The number of alkyl halides is 3. The van der Waals surface area contributed by atoms with Crippen LogP contribution in [0.15, 0.2) is 55.0 Å². The van der Waals surface area contributed by atoms with Gasteiger partial charge in [-0.25, -0.2) is 14.6 Å². The van der Waals surface area contributed by atoms with Gasteiger partial charge in [0.15, 0.2) is 14.1 Å². The molecule has 1 aliphatic rings. The molecule has 0 radical (unpaired) electrons. The van der Waals surface area contributed by atoms with E-state index in [1.807, 2.05) is 39.0 Å². The van der Waals surface area contributed by atoms with Gasteiger partial charge in [0.25, 0.3) is 0 Å². The fraction of sp³-hybridized carbons (Fsp3) is 0.500. The summed E-state index contributed by atoms with van der Waals surface area (Å²) in [7, 11) is -1.93. The number of hydrogen-bond donors (Lipinski definition) is 1. The van der Waals surface area contributed by atoms with E-state index in [-0.39, 0.29) is 28.9 Å². The Morgan fingerprint density at radius 3 is 2.36 bits per heavy atom. The minimum Gasteiger partial charge on any atom is -0.598 e. The molecule has 1 unspecified atom stereocenters. The van der Waals surface area contributed by atoms with Crippen LogP contribution in [0.3, 0.4) is 0 Å². The first-order valence-corrected chi connectivity index (χ1v) is 19.1. The van der Waals surface area contributed by atoms with Crippen LogP contribution in [0, 0.1) is 5.92 Å². The second-order valence-corrected chi connectivity index (χ2v) is 21.0. The molecule has 5 rings (SSSR count). The van der Waals surface area contributed by atoms with Gasteiger partial charge in [-0.1, -0.05) is 39.0 Å². The normalized spacial score (nSPS) is 19.4. The van der Waals surface area contributed by atoms with Crippen molar-refractivity contribution in [2.45, 2.75) is 95.6 Å². The highest BCUT2D eigenvalue weighted by atomic mass is 32.2. The fourth-order valence-electron chi connectivity index (χ4n) is 4.99. The van der Waals surface area contributed by atoms with Crippen molar-refractivity contribution in [2.24, 2.45) is 5.92 Å². The van der Waals surface area contributed by atoms with Crippen molar-refractivity contribution in [3.05, 3.63) is 66.4 Å². The Bertz CT molecular complexity index is 1660. The van der Waals surface area contributed by atoms with Crippen molar-refractivity contribution in [1.82, 2.24) is 29.5 Å². The van der Waals surface area contributed by atoms with E-state index in [0.717, 1.165) is 24.3 Å². The monoisotopic (exact) mass is 658 g/mol. The van der Waals surface area contributed by atoms with E-state index < -0.39 is 36.3 Å². The first kappa shape index (κ1) is 33.5. The average molecular weight is 659 g/mol. The molecule has 0 amide bonds. The molecule has 3 heterocycles. The molecule has 0 saturated heterocycles. The van der Waals surface area contributed by atoms with Crippen LogP contribution in [0.1, 0.15) is 71.8 Å². The number of benzene rings is 1. The summed E-state index contributed by atoms with van der Waals surface area (Å²) in [5, 5.41) is 5.16. The number of rotatable bonds is 8. The maximum absolute atomic E-state index is 13.3. The van der Waals surface area contributed by atoms with Gasteiger partial charge in [0.2, 0.25) is 0 Å². The molecule has 2 atom stereocenters. The third-order valence-electron chi connectivity index (χ3n) is 8.74. The van der Waals surface area contributed by atoms with Crippen LogP contribution in [0.4, 0.5) is 13.2 Å². The van der Waals surface area contributed by atoms with E-state index in [1.165, 1.54) is 16.8 Å². The van der Waals surface area contributed by atoms with Crippen LogP contribution >= 0.6 is 0 Å². The zero-order valence-corrected chi connectivity index (χ0v) is 28.8. The molecule has 0 bridgehead atoms. The van der Waals surface area contributed by atoms with Crippen LogP contribution in [0.25, 0.3) is 28.0 Å². The summed E-state index contributed by atoms with van der Waals surface area (Å²) in [5.74, 6) is 0.219. The lowest BCUT2D eigenvalue weighted by molar-refractivity contribution is -0.141. The Morgan fingerprint density at radius 2 is 1.71 bits per heavy atom. The van der Waals surface area contributed by atoms with Crippen molar-refractivity contribution < 1.29 is 22.2 Å². The standard InChI is InChI=1S/C32H41F3N6O2SSi/c1-30(2,3)44(42)40-29(22-14-23(15-22)43-45(7,8)31(4,5)6)25-19-36-18-24(38-25)20-12-13-21-17-37-41(26(21)16-20)28-11-9-10-27(39-28)32(33,34)35/h9-13,16-19,22-23,29,40H,14-15H2,1-8H3/t22?,23?,29-,44?/m0/s1. The third-order valence-corrected chi connectivity index (χ3v) is 14.9. The largest absolute Gasteiger partial charge is 0.598 e. The van der Waals surface area contributed by atoms with E-state index in [2.05, 4.69) is 53.7 Å². The Labute approximate surface area is 266 Å². The summed E-state index contributed by atoms with van der Waals surface area (Å²) < 4.78 is 64.3. The SMILES string of the molecule is CC(C)(C)[S+]([O-])N[C@H](c1cncc(-c2ccc3cnn(-c4cccc(C(F)(F)F)n4)c3c2)n1)C1CC(O[Si](C)(C)C(C)(C)C)C1. The first-order valence-electron chi connectivity index (χ1n) is 15.0. The summed E-state index contributed by atoms with van der Waals surface area (Å²) in [5.41, 5.74) is 1.57. The molecular formula is C32H41F3N6O2SSi. The minimum absolute atomic E-state index is 0.0604. The van der Waals surface area contributed by atoms with Crippen LogP contribution in [-0.4, -0.2) is 48.5 Å². The van der Waals surface area contributed by atoms with Crippen molar-refractivity contribution in [2.75, 3.05) is 0 Å². The highest BCUT2D eigenvalue weighted by Gasteiger charge is 2.46. The predicted molar refractivity (Wildman–Crippen MR) is 173 cm³/mol. The van der Waals surface area contributed by atoms with E-state index in [9.17, 15) is 17.7 Å². The summed E-state index contributed by atoms with van der Waals surface area (Å²) in [6, 6.07) is 8.97. The molecule has 1 saturated carbocycles. The lowest BCUT2D eigenvalue weighted by atomic mass is 9.76. The molecule has 3 aromatic heterocycles. The third kappa shape index (κ3) is 7.27. The van der Waals surface area contributed by atoms with Gasteiger partial charge < -0.3 is 8.98 Å². The summed E-state index contributed by atoms with van der Waals surface area (Å²) >= 11 is -1.35. The van der Waals surface area contributed by atoms with Gasteiger partial charge in [0.05, 0.1) is 41.5 Å². The number of nitrogens with zero attached hydrogens (tertiary/aromatic N) is 5. The molecule has 1 aliphatic carbocycles. The van der Waals surface area contributed by atoms with Crippen molar-refractivity contribution in [3.63, 3.8) is 0 Å². The topological polar surface area (TPSA) is 101 Å². The second kappa shape index (κ2) is 12.1. The lowest BCUT2D eigenvalue weighted by Crippen LogP contribution is -2.51. The predicted octanol–water partition coefficient (Wildman–Crippen LogP) is 7.79. The fourth-order valence-corrected chi connectivity index (χ4v) is 7.26. The van der Waals surface area contributed by atoms with Gasteiger partial charge in [0.1, 0.15) is 10.4 Å². The molecule has 0 spiro atoms. The van der Waals surface area contributed by atoms with Gasteiger partial charge in [-0.15, -0.1) is 4.72 Å². The van der Waals surface area contributed by atoms with Crippen molar-refractivity contribution in [3.8, 4) is 17.1 Å². The maximum atomic E-state index is 13.3. The highest BCUT2D eigenvalue weighted by molar-refractivity contribution is 7.90. The van der Waals surface area contributed by atoms with Crippen LogP contribution in [0.2, 0.25) is 18.1 Å². The number of nitrogens with one attached hydrogen (secondary N) is 1. The molecule has 0 aliphatic heterocycles. The molecule has 13 heteroatoms. The van der Waals surface area contributed by atoms with Gasteiger partial charge >= 0.3 is 6.18 Å². The molecule has 4 aromatic rings. The number of halogens is 3. The molecule has 1 N–H and O–H groups in total. The number of fused-ring (bicyclic) bond motifs is 1. The van der Waals surface area contributed by atoms with Crippen LogP contribution in [0.5, 0.6) is 0 Å². The van der Waals surface area contributed by atoms with Gasteiger partial charge in [-0.2, -0.15) is 18.3 Å². The summed E-state index contributed by atoms with van der Waals surface area (Å²) in [6.07, 6.45) is 2.17. The molecule has 45 heavy (non-hydrogen) atoms. The number of pyridine rings is 1. The lowest BCUT2D eigenvalue weighted by Gasteiger charge is -2.46. The second-order valence-electron chi connectivity index (χ2n) is 14.2. The average Bonchev–Trinajstić information content (AvgIpc) is 3.35. The molecule has 1 fully saturated rings. The molecule has 8 nitrogen and oxygen atoms in total. The van der Waals surface area contributed by atoms with E-state index in [1.54, 1.807) is 18.6 Å². The van der Waals surface area contributed by atoms with Crippen molar-refractivity contribution in [1.29, 1.82) is 0 Å². The summed E-state index contributed by atoms with van der Waals surface area (Å²) in [4.78, 5) is 13.3. The van der Waals surface area contributed by atoms with Gasteiger partial charge in [0, 0.05) is 28.4 Å². The van der Waals surface area contributed by atoms with Crippen LogP contribution < -0.4 is 4.72 Å². The smallest absolute Gasteiger partial charge is 0.433 e. The van der Waals surface area contributed by atoms with E-state index >= 15 is 0 Å². The molecule has 242 valence electrons. The molecule has 1 aromatic carbocycles. The maximum Gasteiger partial charge on any atom is 0.433 e. The Hall–Kier alpha value is -2.84. The van der Waals surface area contributed by atoms with Crippen LogP contribution in [-0.2, 0) is 22.0 Å². The number of aromatic nitrogens is 5. The Balaban J connectivity index is 1.45.